The fourth-order valence-electron chi connectivity index (χ4n) is 4.04. The van der Waals surface area contributed by atoms with E-state index in [2.05, 4.69) is 10.3 Å². The van der Waals surface area contributed by atoms with Gasteiger partial charge in [-0.15, -0.1) is 0 Å². The average Bonchev–Trinajstić information content (AvgIpc) is 3.29. The molecule has 6 nitrogen and oxygen atoms in total. The lowest BCUT2D eigenvalue weighted by Gasteiger charge is -2.28. The van der Waals surface area contributed by atoms with Crippen molar-refractivity contribution in [2.24, 2.45) is 0 Å². The maximum Gasteiger partial charge on any atom is 0.329 e. The molecule has 2 aliphatic rings. The molecule has 27 heavy (non-hydrogen) atoms. The van der Waals surface area contributed by atoms with Gasteiger partial charge in [-0.25, -0.2) is 4.79 Å². The number of carbonyl (C=O) groups excluding carboxylic acids is 1. The van der Waals surface area contributed by atoms with Crippen molar-refractivity contribution in [1.82, 2.24) is 9.55 Å². The SMILES string of the molecule is CCn1c2c(c(=O)[nH]c1=O)C(c1ccsc1)C1=C(N2)c2ccccc2C1=O. The molecule has 0 saturated heterocycles. The number of allylic oxidation sites excluding steroid dienone is 1. The molecule has 0 spiro atoms. The number of nitrogens with zero attached hydrogens (tertiary/aromatic N) is 1. The van der Waals surface area contributed by atoms with Gasteiger partial charge in [0.25, 0.3) is 5.56 Å². The first-order valence-corrected chi connectivity index (χ1v) is 9.60. The monoisotopic (exact) mass is 377 g/mol. The van der Waals surface area contributed by atoms with Gasteiger partial charge in [0.05, 0.1) is 11.3 Å². The van der Waals surface area contributed by atoms with E-state index in [0.29, 0.717) is 34.8 Å². The normalized spacial score (nSPS) is 17.4. The highest BCUT2D eigenvalue weighted by Crippen LogP contribution is 2.48. The fraction of sp³-hybridized carbons (Fsp3) is 0.150. The van der Waals surface area contributed by atoms with Gasteiger partial charge in [-0.2, -0.15) is 11.3 Å². The summed E-state index contributed by atoms with van der Waals surface area (Å²) in [5.41, 5.74) is 3.04. The summed E-state index contributed by atoms with van der Waals surface area (Å²) in [5, 5.41) is 7.11. The number of fused-ring (bicyclic) bond motifs is 3. The van der Waals surface area contributed by atoms with Crippen LogP contribution in [0.4, 0.5) is 5.82 Å². The van der Waals surface area contributed by atoms with Gasteiger partial charge in [-0.1, -0.05) is 24.3 Å². The Morgan fingerprint density at radius 3 is 2.59 bits per heavy atom. The average molecular weight is 377 g/mol. The van der Waals surface area contributed by atoms with E-state index >= 15 is 0 Å². The molecule has 0 fully saturated rings. The predicted molar refractivity (Wildman–Crippen MR) is 104 cm³/mol. The van der Waals surface area contributed by atoms with E-state index in [1.807, 2.05) is 41.9 Å². The lowest BCUT2D eigenvalue weighted by atomic mass is 9.83. The van der Waals surface area contributed by atoms with E-state index in [4.69, 9.17) is 0 Å². The second kappa shape index (κ2) is 5.65. The maximum atomic E-state index is 13.2. The summed E-state index contributed by atoms with van der Waals surface area (Å²) in [5.74, 6) is -0.126. The van der Waals surface area contributed by atoms with Crippen LogP contribution in [0.1, 0.15) is 39.9 Å². The number of anilines is 1. The molecule has 7 heteroatoms. The highest BCUT2D eigenvalue weighted by atomic mass is 32.1. The van der Waals surface area contributed by atoms with Crippen molar-refractivity contribution in [3.8, 4) is 0 Å². The lowest BCUT2D eigenvalue weighted by molar-refractivity contribution is 0.103. The molecular formula is C20H15N3O3S. The zero-order valence-corrected chi connectivity index (χ0v) is 15.2. The van der Waals surface area contributed by atoms with E-state index < -0.39 is 17.2 Å². The van der Waals surface area contributed by atoms with E-state index in [9.17, 15) is 14.4 Å². The van der Waals surface area contributed by atoms with E-state index in [1.54, 1.807) is 6.07 Å². The third kappa shape index (κ3) is 2.09. The third-order valence-corrected chi connectivity index (χ3v) is 5.91. The molecule has 1 unspecified atom stereocenters. The van der Waals surface area contributed by atoms with E-state index in [1.165, 1.54) is 15.9 Å². The van der Waals surface area contributed by atoms with Crippen LogP contribution in [0.15, 0.2) is 56.3 Å². The standard InChI is InChI=1S/C20H15N3O3S/c1-2-23-18-15(19(25)22-20(23)26)13(10-7-8-27-9-10)14-16(21-18)11-5-3-4-6-12(11)17(14)24/h3-9,13,21H,2H2,1H3,(H,22,25,26). The summed E-state index contributed by atoms with van der Waals surface area (Å²) in [6.07, 6.45) is 0. The molecule has 1 aliphatic heterocycles. The Bertz CT molecular complexity index is 1250. The molecule has 1 atom stereocenters. The van der Waals surface area contributed by atoms with Crippen LogP contribution < -0.4 is 16.6 Å². The molecule has 0 radical (unpaired) electrons. The summed E-state index contributed by atoms with van der Waals surface area (Å²) in [6, 6.07) is 9.32. The summed E-state index contributed by atoms with van der Waals surface area (Å²) in [4.78, 5) is 40.7. The van der Waals surface area contributed by atoms with Crippen LogP contribution in [0.5, 0.6) is 0 Å². The quantitative estimate of drug-likeness (QED) is 0.719. The summed E-state index contributed by atoms with van der Waals surface area (Å²) in [6.45, 7) is 2.25. The second-order valence-electron chi connectivity index (χ2n) is 6.54. The zero-order chi connectivity index (χ0) is 18.7. The Balaban J connectivity index is 1.88. The first-order chi connectivity index (χ1) is 13.1. The number of H-pyrrole nitrogens is 1. The van der Waals surface area contributed by atoms with Crippen LogP contribution in [-0.2, 0) is 6.54 Å². The second-order valence-corrected chi connectivity index (χ2v) is 7.32. The first kappa shape index (κ1) is 16.0. The Hall–Kier alpha value is -3.19. The van der Waals surface area contributed by atoms with Gasteiger partial charge in [0.2, 0.25) is 0 Å². The van der Waals surface area contributed by atoms with Crippen molar-refractivity contribution >= 4 is 28.6 Å². The van der Waals surface area contributed by atoms with E-state index in [-0.39, 0.29) is 5.78 Å². The number of rotatable bonds is 2. The number of nitrogens with one attached hydrogen (secondary N) is 2. The number of Topliss-reactive ketones (excluding diaryl/α,β-unsaturated/α-hetero) is 1. The molecule has 2 aromatic heterocycles. The van der Waals surface area contributed by atoms with Crippen LogP contribution in [0, 0.1) is 0 Å². The van der Waals surface area contributed by atoms with Gasteiger partial charge in [-0.3, -0.25) is 19.1 Å². The van der Waals surface area contributed by atoms with Crippen molar-refractivity contribution < 1.29 is 4.79 Å². The van der Waals surface area contributed by atoms with Crippen LogP contribution in [0.3, 0.4) is 0 Å². The minimum Gasteiger partial charge on any atom is -0.340 e. The van der Waals surface area contributed by atoms with Gasteiger partial charge < -0.3 is 5.32 Å². The molecule has 3 heterocycles. The van der Waals surface area contributed by atoms with Crippen LogP contribution in [0.2, 0.25) is 0 Å². The van der Waals surface area contributed by atoms with Gasteiger partial charge in [0, 0.05) is 29.2 Å². The minimum absolute atomic E-state index is 0.0800. The van der Waals surface area contributed by atoms with Crippen molar-refractivity contribution in [3.05, 3.63) is 89.8 Å². The number of aromatic amines is 1. The van der Waals surface area contributed by atoms with Crippen LogP contribution in [-0.4, -0.2) is 15.3 Å². The third-order valence-electron chi connectivity index (χ3n) is 5.20. The Labute approximate surface area is 157 Å². The topological polar surface area (TPSA) is 84.0 Å². The van der Waals surface area contributed by atoms with Crippen molar-refractivity contribution in [2.45, 2.75) is 19.4 Å². The molecule has 1 aliphatic carbocycles. The van der Waals surface area contributed by atoms with Crippen LogP contribution >= 0.6 is 11.3 Å². The number of hydrogen-bond acceptors (Lipinski definition) is 5. The lowest BCUT2D eigenvalue weighted by Crippen LogP contribution is -2.38. The molecule has 0 amide bonds. The van der Waals surface area contributed by atoms with Gasteiger partial charge in [0.15, 0.2) is 5.78 Å². The summed E-state index contributed by atoms with van der Waals surface area (Å²) < 4.78 is 1.51. The van der Waals surface area contributed by atoms with Crippen molar-refractivity contribution in [2.75, 3.05) is 5.32 Å². The Morgan fingerprint density at radius 2 is 1.89 bits per heavy atom. The number of benzene rings is 1. The molecule has 0 bridgehead atoms. The molecule has 1 aromatic carbocycles. The van der Waals surface area contributed by atoms with E-state index in [0.717, 1.165) is 11.1 Å². The van der Waals surface area contributed by atoms with Gasteiger partial charge in [0.1, 0.15) is 5.82 Å². The van der Waals surface area contributed by atoms with Crippen molar-refractivity contribution in [3.63, 3.8) is 0 Å². The van der Waals surface area contributed by atoms with Gasteiger partial charge in [-0.05, 0) is 29.3 Å². The zero-order valence-electron chi connectivity index (χ0n) is 14.4. The number of ketones is 1. The highest BCUT2D eigenvalue weighted by molar-refractivity contribution is 7.08. The summed E-state index contributed by atoms with van der Waals surface area (Å²) >= 11 is 1.51. The number of thiophene rings is 1. The van der Waals surface area contributed by atoms with Gasteiger partial charge >= 0.3 is 5.69 Å². The molecule has 3 aromatic rings. The fourth-order valence-corrected chi connectivity index (χ4v) is 4.73. The van der Waals surface area contributed by atoms with Crippen molar-refractivity contribution in [1.29, 1.82) is 0 Å². The number of carbonyl (C=O) groups is 1. The summed E-state index contributed by atoms with van der Waals surface area (Å²) in [7, 11) is 0. The number of aromatic nitrogens is 2. The maximum absolute atomic E-state index is 13.2. The minimum atomic E-state index is -0.510. The smallest absolute Gasteiger partial charge is 0.329 e. The number of hydrogen-bond donors (Lipinski definition) is 2. The molecule has 0 saturated carbocycles. The highest BCUT2D eigenvalue weighted by Gasteiger charge is 2.42. The Morgan fingerprint density at radius 1 is 1.11 bits per heavy atom. The molecule has 5 rings (SSSR count). The molecule has 134 valence electrons. The first-order valence-electron chi connectivity index (χ1n) is 8.66. The molecule has 2 N–H and O–H groups in total. The van der Waals surface area contributed by atoms with Crippen LogP contribution in [0.25, 0.3) is 5.70 Å². The molecular weight excluding hydrogens is 362 g/mol. The largest absolute Gasteiger partial charge is 0.340 e. The Kier molecular flexibility index (Phi) is 3.35. The predicted octanol–water partition coefficient (Wildman–Crippen LogP) is 2.78.